The first-order chi connectivity index (χ1) is 27.6. The molecule has 0 unspecified atom stereocenters. The molecule has 0 N–H and O–H groups in total. The quantitative estimate of drug-likeness (QED) is 0.134. The first kappa shape index (κ1) is 20.9. The third-order valence-electron chi connectivity index (χ3n) is 9.94. The van der Waals surface area contributed by atoms with Gasteiger partial charge in [-0.05, 0) is 117 Å². The van der Waals surface area contributed by atoms with Crippen molar-refractivity contribution in [3.63, 3.8) is 0 Å². The average molecular weight is 629 g/mol. The number of hydrogen-bond donors (Lipinski definition) is 0. The number of hydrogen-bond acceptors (Lipinski definition) is 0. The van der Waals surface area contributed by atoms with Crippen LogP contribution in [-0.4, -0.2) is 0 Å². The fraction of sp³-hybridized carbons (Fsp3) is 0.0204. The number of benzene rings is 10. The third kappa shape index (κ3) is 4.45. The van der Waals surface area contributed by atoms with Gasteiger partial charge >= 0.3 is 0 Å². The smallest absolute Gasteiger partial charge is 0.0616 e. The van der Waals surface area contributed by atoms with Gasteiger partial charge in [-0.2, -0.15) is 0 Å². The molecule has 0 atom stereocenters. The highest BCUT2D eigenvalue weighted by Gasteiger charge is 2.18. The van der Waals surface area contributed by atoms with Gasteiger partial charge in [0.2, 0.25) is 0 Å². The van der Waals surface area contributed by atoms with E-state index in [0.717, 1.165) is 59.8 Å². The summed E-state index contributed by atoms with van der Waals surface area (Å²) in [6, 6.07) is 42.1. The molecule has 0 aliphatic rings. The normalized spacial score (nSPS) is 14.0. The van der Waals surface area contributed by atoms with Crippen LogP contribution in [0.2, 0.25) is 0 Å². The predicted molar refractivity (Wildman–Crippen MR) is 212 cm³/mol. The SMILES string of the molecule is [2H]c1c([2H])c([2H])c2c(-c3cccc(-c4cc5ccc6ccccc6c5c5ccccc45)c3)c3c([2H])c([2H])c([2H])c([2H])c3c(Cc3cccc4ccccc34)c2c1[2H]. The van der Waals surface area contributed by atoms with Gasteiger partial charge in [-0.15, -0.1) is 0 Å². The van der Waals surface area contributed by atoms with E-state index < -0.39 is 24.2 Å². The minimum Gasteiger partial charge on any atom is -0.0616 e. The molecule has 0 saturated carbocycles. The summed E-state index contributed by atoms with van der Waals surface area (Å²) in [4.78, 5) is 0. The maximum absolute atomic E-state index is 9.42. The molecule has 0 aliphatic heterocycles. The topological polar surface area (TPSA) is 0 Å². The van der Waals surface area contributed by atoms with Crippen LogP contribution >= 0.6 is 0 Å². The molecule has 10 aromatic carbocycles. The second kappa shape index (κ2) is 11.2. The summed E-state index contributed by atoms with van der Waals surface area (Å²) in [6.45, 7) is 0. The lowest BCUT2D eigenvalue weighted by Crippen LogP contribution is -1.96. The van der Waals surface area contributed by atoms with E-state index >= 15 is 0 Å². The molecule has 10 rings (SSSR count). The summed E-state index contributed by atoms with van der Waals surface area (Å²) in [5.41, 5.74) is 4.07. The molecule has 0 heteroatoms. The molecule has 0 bridgehead atoms. The van der Waals surface area contributed by atoms with Crippen LogP contribution in [0.4, 0.5) is 0 Å². The highest BCUT2D eigenvalue weighted by molar-refractivity contribution is 6.23. The fourth-order valence-corrected chi connectivity index (χ4v) is 7.76. The Bertz CT molecular complexity index is 3280. The highest BCUT2D eigenvalue weighted by Crippen LogP contribution is 2.43. The summed E-state index contributed by atoms with van der Waals surface area (Å²) in [6.07, 6.45) is 0.177. The van der Waals surface area contributed by atoms with Crippen molar-refractivity contribution in [2.45, 2.75) is 6.42 Å². The van der Waals surface area contributed by atoms with Crippen molar-refractivity contribution in [3.05, 3.63) is 193 Å². The van der Waals surface area contributed by atoms with Crippen LogP contribution in [0.15, 0.2) is 182 Å². The maximum atomic E-state index is 9.42. The molecule has 0 saturated heterocycles. The van der Waals surface area contributed by atoms with Gasteiger partial charge in [-0.3, -0.25) is 0 Å². The van der Waals surface area contributed by atoms with Gasteiger partial charge in [0.05, 0.1) is 11.0 Å². The van der Waals surface area contributed by atoms with E-state index in [1.807, 2.05) is 84.9 Å². The Morgan fingerprint density at radius 3 is 1.69 bits per heavy atom. The van der Waals surface area contributed by atoms with Crippen molar-refractivity contribution in [1.82, 2.24) is 0 Å². The van der Waals surface area contributed by atoms with Crippen LogP contribution in [-0.2, 0) is 6.42 Å². The van der Waals surface area contributed by atoms with Crippen molar-refractivity contribution >= 4 is 64.6 Å². The highest BCUT2D eigenvalue weighted by atomic mass is 14.2. The van der Waals surface area contributed by atoms with Crippen LogP contribution in [0, 0.1) is 0 Å². The summed E-state index contributed by atoms with van der Waals surface area (Å²) in [5.74, 6) is 0. The minimum absolute atomic E-state index is 0.177. The molecule has 0 amide bonds. The fourth-order valence-electron chi connectivity index (χ4n) is 7.76. The molecule has 0 aromatic heterocycles. The Labute approximate surface area is 296 Å². The Balaban J connectivity index is 1.33. The van der Waals surface area contributed by atoms with Gasteiger partial charge in [0.1, 0.15) is 0 Å². The number of rotatable bonds is 4. The van der Waals surface area contributed by atoms with E-state index in [0.29, 0.717) is 16.7 Å². The van der Waals surface area contributed by atoms with Gasteiger partial charge in [0.25, 0.3) is 0 Å². The largest absolute Gasteiger partial charge is 0.0629 e. The minimum atomic E-state index is -0.408. The molecular weight excluding hydrogens is 589 g/mol. The lowest BCUT2D eigenvalue weighted by Gasteiger charge is -2.19. The van der Waals surface area contributed by atoms with E-state index in [1.165, 1.54) is 0 Å². The Kier molecular flexibility index (Phi) is 4.77. The van der Waals surface area contributed by atoms with Crippen LogP contribution in [0.3, 0.4) is 0 Å². The summed E-state index contributed by atoms with van der Waals surface area (Å²) >= 11 is 0. The third-order valence-corrected chi connectivity index (χ3v) is 9.94. The Hall–Kier alpha value is -6.24. The molecule has 0 fully saturated rings. The molecule has 0 nitrogen and oxygen atoms in total. The lowest BCUT2D eigenvalue weighted by atomic mass is 9.84. The van der Waals surface area contributed by atoms with E-state index in [-0.39, 0.29) is 52.1 Å². The van der Waals surface area contributed by atoms with Crippen molar-refractivity contribution in [1.29, 1.82) is 0 Å². The van der Waals surface area contributed by atoms with Crippen LogP contribution in [0.25, 0.3) is 86.9 Å². The molecule has 0 spiro atoms. The van der Waals surface area contributed by atoms with Gasteiger partial charge in [0, 0.05) is 0 Å². The lowest BCUT2D eigenvalue weighted by molar-refractivity contribution is 1.26. The van der Waals surface area contributed by atoms with Crippen molar-refractivity contribution in [3.8, 4) is 22.3 Å². The van der Waals surface area contributed by atoms with Crippen LogP contribution < -0.4 is 0 Å². The molecule has 0 radical (unpaired) electrons. The molecule has 228 valence electrons. The number of fused-ring (bicyclic) bond motifs is 8. The zero-order valence-electron chi connectivity index (χ0n) is 34.4. The zero-order chi connectivity index (χ0) is 39.3. The van der Waals surface area contributed by atoms with Crippen molar-refractivity contribution in [2.24, 2.45) is 0 Å². The van der Waals surface area contributed by atoms with E-state index in [1.54, 1.807) is 0 Å². The molecule has 10 aromatic rings. The predicted octanol–water partition coefficient (Wildman–Crippen LogP) is 13.5. The van der Waals surface area contributed by atoms with Crippen LogP contribution in [0.1, 0.15) is 22.1 Å². The summed E-state index contributed by atoms with van der Waals surface area (Å²) in [7, 11) is 0. The second-order valence-corrected chi connectivity index (χ2v) is 12.6. The van der Waals surface area contributed by atoms with Gasteiger partial charge < -0.3 is 0 Å². The average Bonchev–Trinajstić information content (AvgIpc) is 3.25. The van der Waals surface area contributed by atoms with E-state index in [9.17, 15) is 5.48 Å². The standard InChI is InChI=1S/C49H32/c1-3-19-38-32(13-1)15-11-17-35(38)30-47-41-22-6-9-25-44(41)49(45-26-10-7-23-42(45)47)36-18-12-16-34(29-36)46-31-37-28-27-33-14-2-4-20-39(33)48(37)43-24-8-5-21-40(43)46/h1-29,31H,30H2/i6D,7D,9D,10D,22D,23D,25D,26D. The van der Waals surface area contributed by atoms with Gasteiger partial charge in [-0.1, -0.05) is 170 Å². The van der Waals surface area contributed by atoms with Gasteiger partial charge in [-0.25, -0.2) is 0 Å². The van der Waals surface area contributed by atoms with Crippen molar-refractivity contribution < 1.29 is 11.0 Å². The van der Waals surface area contributed by atoms with E-state index in [4.69, 9.17) is 5.48 Å². The van der Waals surface area contributed by atoms with E-state index in [2.05, 4.69) is 48.5 Å². The first-order valence-corrected chi connectivity index (χ1v) is 16.5. The molecule has 49 heavy (non-hydrogen) atoms. The summed E-state index contributed by atoms with van der Waals surface area (Å²) in [5, 5.41) is 9.58. The molecule has 0 aliphatic carbocycles. The first-order valence-electron chi connectivity index (χ1n) is 20.5. The Morgan fingerprint density at radius 2 is 0.939 bits per heavy atom. The Morgan fingerprint density at radius 1 is 0.388 bits per heavy atom. The van der Waals surface area contributed by atoms with Crippen molar-refractivity contribution in [2.75, 3.05) is 0 Å². The van der Waals surface area contributed by atoms with Crippen LogP contribution in [0.5, 0.6) is 0 Å². The zero-order valence-corrected chi connectivity index (χ0v) is 26.4. The molecular formula is C49H32. The summed E-state index contributed by atoms with van der Waals surface area (Å²) < 4.78 is 72.9. The monoisotopic (exact) mass is 628 g/mol. The molecule has 0 heterocycles. The van der Waals surface area contributed by atoms with Gasteiger partial charge in [0.15, 0.2) is 0 Å². The maximum Gasteiger partial charge on any atom is 0.0629 e. The second-order valence-electron chi connectivity index (χ2n) is 12.6.